The van der Waals surface area contributed by atoms with E-state index in [9.17, 15) is 23.6 Å². The van der Waals surface area contributed by atoms with Crippen LogP contribution in [0.15, 0.2) is 48.0 Å². The highest BCUT2D eigenvalue weighted by molar-refractivity contribution is 6.10. The second-order valence-electron chi connectivity index (χ2n) is 6.16. The number of hydrogen-bond donors (Lipinski definition) is 1. The van der Waals surface area contributed by atoms with E-state index in [1.165, 1.54) is 54.5 Å². The number of hydrogen-bond acceptors (Lipinski definition) is 5. The minimum absolute atomic E-state index is 0.0305. The van der Waals surface area contributed by atoms with Gasteiger partial charge in [-0.2, -0.15) is 14.0 Å². The van der Waals surface area contributed by atoms with Gasteiger partial charge >= 0.3 is 6.61 Å². The molecule has 0 aliphatic rings. The van der Waals surface area contributed by atoms with Crippen molar-refractivity contribution in [3.05, 3.63) is 59.2 Å². The van der Waals surface area contributed by atoms with E-state index in [-0.39, 0.29) is 28.5 Å². The van der Waals surface area contributed by atoms with E-state index < -0.39 is 12.5 Å². The van der Waals surface area contributed by atoms with Crippen molar-refractivity contribution in [2.24, 2.45) is 0 Å². The predicted octanol–water partition coefficient (Wildman–Crippen LogP) is 3.54. The largest absolute Gasteiger partial charge is 0.493 e. The lowest BCUT2D eigenvalue weighted by atomic mass is 10.1. The summed E-state index contributed by atoms with van der Waals surface area (Å²) in [5.41, 5.74) is 0.523. The van der Waals surface area contributed by atoms with Gasteiger partial charge in [0.1, 0.15) is 11.6 Å². The molecule has 0 heterocycles. The Bertz CT molecular complexity index is 996. The van der Waals surface area contributed by atoms with Gasteiger partial charge in [-0.15, -0.1) is 0 Å². The summed E-state index contributed by atoms with van der Waals surface area (Å²) in [5.74, 6) is -1.21. The Labute approximate surface area is 172 Å². The summed E-state index contributed by atoms with van der Waals surface area (Å²) in [6.45, 7) is -3.11. The van der Waals surface area contributed by atoms with Crippen LogP contribution in [0.2, 0.25) is 0 Å². The fourth-order valence-electron chi connectivity index (χ4n) is 2.48. The summed E-state index contributed by atoms with van der Waals surface area (Å²) < 4.78 is 35.0. The van der Waals surface area contributed by atoms with Gasteiger partial charge in [-0.05, 0) is 36.4 Å². The van der Waals surface area contributed by atoms with Crippen molar-refractivity contribution in [3.63, 3.8) is 0 Å². The van der Waals surface area contributed by atoms with Gasteiger partial charge in [0.2, 0.25) is 0 Å². The first kappa shape index (κ1) is 22.4. The number of para-hydroxylation sites is 1. The molecule has 0 saturated heterocycles. The second kappa shape index (κ2) is 10.0. The van der Waals surface area contributed by atoms with Crippen molar-refractivity contribution in [3.8, 4) is 17.6 Å². The van der Waals surface area contributed by atoms with Crippen molar-refractivity contribution in [1.82, 2.24) is 4.90 Å². The number of amides is 2. The van der Waals surface area contributed by atoms with Crippen molar-refractivity contribution in [2.75, 3.05) is 26.5 Å². The zero-order chi connectivity index (χ0) is 22.3. The molecule has 0 radical (unpaired) electrons. The van der Waals surface area contributed by atoms with E-state index in [1.54, 1.807) is 20.2 Å². The summed E-state index contributed by atoms with van der Waals surface area (Å²) in [6, 6.07) is 12.2. The highest BCUT2D eigenvalue weighted by Gasteiger charge is 2.17. The topological polar surface area (TPSA) is 91.7 Å². The smallest absolute Gasteiger partial charge is 0.387 e. The van der Waals surface area contributed by atoms with Gasteiger partial charge in [0, 0.05) is 30.9 Å². The predicted molar refractivity (Wildman–Crippen MR) is 106 cm³/mol. The molecule has 0 aromatic heterocycles. The summed E-state index contributed by atoms with van der Waals surface area (Å²) in [4.78, 5) is 25.8. The number of nitriles is 1. The molecule has 0 unspecified atom stereocenters. The van der Waals surface area contributed by atoms with Crippen LogP contribution in [-0.2, 0) is 4.79 Å². The molecule has 30 heavy (non-hydrogen) atoms. The van der Waals surface area contributed by atoms with Crippen LogP contribution in [0.3, 0.4) is 0 Å². The van der Waals surface area contributed by atoms with E-state index in [4.69, 9.17) is 4.74 Å². The van der Waals surface area contributed by atoms with Crippen LogP contribution in [0.5, 0.6) is 11.5 Å². The number of halogens is 2. The minimum atomic E-state index is -3.11. The van der Waals surface area contributed by atoms with E-state index >= 15 is 0 Å². The fourth-order valence-corrected chi connectivity index (χ4v) is 2.48. The SMILES string of the molecule is COc1cccc(/C=C(\C#N)C(=O)Nc2ccc(C(=O)N(C)C)cc2)c1OC(F)F. The Balaban J connectivity index is 2.28. The van der Waals surface area contributed by atoms with Gasteiger partial charge in [-0.3, -0.25) is 9.59 Å². The third kappa shape index (κ3) is 5.54. The Morgan fingerprint density at radius 2 is 1.83 bits per heavy atom. The van der Waals surface area contributed by atoms with E-state index in [0.717, 1.165) is 6.08 Å². The number of carbonyl (C=O) groups excluding carboxylic acids is 2. The van der Waals surface area contributed by atoms with Gasteiger partial charge < -0.3 is 19.7 Å². The molecule has 2 rings (SSSR count). The van der Waals surface area contributed by atoms with Gasteiger partial charge in [0.25, 0.3) is 11.8 Å². The van der Waals surface area contributed by atoms with Crippen LogP contribution in [0, 0.1) is 11.3 Å². The van der Waals surface area contributed by atoms with Crippen molar-refractivity contribution >= 4 is 23.6 Å². The van der Waals surface area contributed by atoms with Crippen LogP contribution in [-0.4, -0.2) is 44.5 Å². The average molecular weight is 415 g/mol. The number of methoxy groups -OCH3 is 1. The molecule has 0 aliphatic heterocycles. The lowest BCUT2D eigenvalue weighted by Gasteiger charge is -2.13. The van der Waals surface area contributed by atoms with Gasteiger partial charge in [-0.1, -0.05) is 12.1 Å². The molecule has 156 valence electrons. The molecule has 1 N–H and O–H groups in total. The van der Waals surface area contributed by atoms with Gasteiger partial charge in [0.15, 0.2) is 11.5 Å². The molecular weight excluding hydrogens is 396 g/mol. The Morgan fingerprint density at radius 1 is 1.17 bits per heavy atom. The molecule has 0 bridgehead atoms. The standard InChI is InChI=1S/C21H19F2N3O4/c1-26(2)20(28)13-7-9-16(10-8-13)25-19(27)15(12-24)11-14-5-4-6-17(29-3)18(14)30-21(22)23/h4-11,21H,1-3H3,(H,25,27)/b15-11+. The first-order valence-corrected chi connectivity index (χ1v) is 8.63. The molecule has 7 nitrogen and oxygen atoms in total. The fraction of sp³-hybridized carbons (Fsp3) is 0.190. The number of benzene rings is 2. The molecule has 2 aromatic carbocycles. The maximum absolute atomic E-state index is 12.8. The summed E-state index contributed by atoms with van der Waals surface area (Å²) in [7, 11) is 4.52. The minimum Gasteiger partial charge on any atom is -0.493 e. The first-order valence-electron chi connectivity index (χ1n) is 8.63. The first-order chi connectivity index (χ1) is 14.3. The highest BCUT2D eigenvalue weighted by atomic mass is 19.3. The Kier molecular flexibility index (Phi) is 7.47. The zero-order valence-corrected chi connectivity index (χ0v) is 16.5. The number of alkyl halides is 2. The number of nitrogens with one attached hydrogen (secondary N) is 1. The third-order valence-electron chi connectivity index (χ3n) is 3.90. The monoisotopic (exact) mass is 415 g/mol. The van der Waals surface area contributed by atoms with Crippen molar-refractivity contribution in [2.45, 2.75) is 6.61 Å². The second-order valence-corrected chi connectivity index (χ2v) is 6.16. The molecule has 0 fully saturated rings. The normalized spacial score (nSPS) is 10.9. The summed E-state index contributed by atoms with van der Waals surface area (Å²) in [5, 5.41) is 11.9. The zero-order valence-electron chi connectivity index (χ0n) is 16.5. The summed E-state index contributed by atoms with van der Waals surface area (Å²) in [6.07, 6.45) is 1.12. The van der Waals surface area contributed by atoms with E-state index in [2.05, 4.69) is 10.1 Å². The maximum atomic E-state index is 12.8. The van der Waals surface area contributed by atoms with Gasteiger partial charge in [-0.25, -0.2) is 0 Å². The maximum Gasteiger partial charge on any atom is 0.387 e. The van der Waals surface area contributed by atoms with Crippen LogP contribution in [0.4, 0.5) is 14.5 Å². The Hall–Kier alpha value is -3.93. The number of nitrogens with zero attached hydrogens (tertiary/aromatic N) is 2. The molecule has 2 aromatic rings. The van der Waals surface area contributed by atoms with Crippen LogP contribution in [0.1, 0.15) is 15.9 Å². The molecule has 2 amide bonds. The summed E-state index contributed by atoms with van der Waals surface area (Å²) >= 11 is 0. The van der Waals surface area contributed by atoms with E-state index in [1.807, 2.05) is 0 Å². The molecule has 9 heteroatoms. The molecule has 0 atom stereocenters. The average Bonchev–Trinajstić information content (AvgIpc) is 2.72. The third-order valence-corrected chi connectivity index (χ3v) is 3.90. The highest BCUT2D eigenvalue weighted by Crippen LogP contribution is 2.34. The van der Waals surface area contributed by atoms with Crippen molar-refractivity contribution in [1.29, 1.82) is 5.26 Å². The Morgan fingerprint density at radius 3 is 2.37 bits per heavy atom. The van der Waals surface area contributed by atoms with Crippen molar-refractivity contribution < 1.29 is 27.8 Å². The number of ether oxygens (including phenoxy) is 2. The van der Waals surface area contributed by atoms with E-state index in [0.29, 0.717) is 11.3 Å². The molecule has 0 aliphatic carbocycles. The molecule has 0 spiro atoms. The quantitative estimate of drug-likeness (QED) is 0.552. The lowest BCUT2D eigenvalue weighted by Crippen LogP contribution is -2.21. The number of carbonyl (C=O) groups is 2. The molecular formula is C21H19F2N3O4. The number of anilines is 1. The van der Waals surface area contributed by atoms with Crippen LogP contribution in [0.25, 0.3) is 6.08 Å². The lowest BCUT2D eigenvalue weighted by molar-refractivity contribution is -0.112. The molecule has 0 saturated carbocycles. The van der Waals surface area contributed by atoms with Crippen LogP contribution >= 0.6 is 0 Å². The number of rotatable bonds is 7. The van der Waals surface area contributed by atoms with Gasteiger partial charge in [0.05, 0.1) is 7.11 Å². The van der Waals surface area contributed by atoms with Crippen LogP contribution < -0.4 is 14.8 Å².